The average molecular weight is 396 g/mol. The third kappa shape index (κ3) is 3.60. The average Bonchev–Trinajstić information content (AvgIpc) is 3.14. The van der Waals surface area contributed by atoms with Gasteiger partial charge in [0.2, 0.25) is 10.8 Å². The quantitative estimate of drug-likeness (QED) is 0.715. The SMILES string of the molecule is Cc1nc2sc([C@H](c3cccc(OC(F)F)c3)N3CCOCC3)c(O)n2n1. The Kier molecular flexibility index (Phi) is 4.94. The number of hydrogen-bond donors (Lipinski definition) is 1. The van der Waals surface area contributed by atoms with Gasteiger partial charge in [-0.25, -0.2) is 4.98 Å². The van der Waals surface area contributed by atoms with Crippen LogP contribution in [0.2, 0.25) is 0 Å². The Morgan fingerprint density at radius 2 is 2.07 bits per heavy atom. The molecule has 1 fully saturated rings. The highest BCUT2D eigenvalue weighted by atomic mass is 32.1. The molecule has 0 unspecified atom stereocenters. The number of thiazole rings is 1. The van der Waals surface area contributed by atoms with Crippen LogP contribution in [0.4, 0.5) is 8.78 Å². The molecule has 10 heteroatoms. The fourth-order valence-electron chi connectivity index (χ4n) is 3.25. The molecule has 0 aliphatic carbocycles. The van der Waals surface area contributed by atoms with Gasteiger partial charge in [-0.1, -0.05) is 23.5 Å². The minimum Gasteiger partial charge on any atom is -0.492 e. The Morgan fingerprint density at radius 3 is 2.78 bits per heavy atom. The molecule has 0 amide bonds. The lowest BCUT2D eigenvalue weighted by atomic mass is 10.0. The van der Waals surface area contributed by atoms with Gasteiger partial charge in [-0.3, -0.25) is 4.90 Å². The van der Waals surface area contributed by atoms with Crippen LogP contribution in [0.3, 0.4) is 0 Å². The van der Waals surface area contributed by atoms with Gasteiger partial charge in [0.15, 0.2) is 0 Å². The van der Waals surface area contributed by atoms with Crippen LogP contribution in [0.15, 0.2) is 24.3 Å². The highest BCUT2D eigenvalue weighted by molar-refractivity contribution is 7.17. The van der Waals surface area contributed by atoms with E-state index in [4.69, 9.17) is 4.74 Å². The summed E-state index contributed by atoms with van der Waals surface area (Å²) < 4.78 is 36.6. The number of aromatic hydroxyl groups is 1. The van der Waals surface area contributed by atoms with E-state index in [-0.39, 0.29) is 17.7 Å². The second kappa shape index (κ2) is 7.37. The van der Waals surface area contributed by atoms with E-state index < -0.39 is 6.61 Å². The first-order valence-electron chi connectivity index (χ1n) is 8.44. The number of nitrogens with zero attached hydrogens (tertiary/aromatic N) is 4. The van der Waals surface area contributed by atoms with E-state index in [9.17, 15) is 13.9 Å². The van der Waals surface area contributed by atoms with E-state index in [1.165, 1.54) is 21.9 Å². The van der Waals surface area contributed by atoms with Crippen LogP contribution in [0.5, 0.6) is 11.6 Å². The fourth-order valence-corrected chi connectivity index (χ4v) is 4.41. The van der Waals surface area contributed by atoms with Crippen LogP contribution < -0.4 is 4.74 Å². The minimum atomic E-state index is -2.90. The summed E-state index contributed by atoms with van der Waals surface area (Å²) in [6.07, 6.45) is 0. The minimum absolute atomic E-state index is 0.00673. The number of hydrogen-bond acceptors (Lipinski definition) is 7. The van der Waals surface area contributed by atoms with Crippen molar-refractivity contribution < 1.29 is 23.4 Å². The summed E-state index contributed by atoms with van der Waals surface area (Å²) in [4.78, 5) is 7.69. The van der Waals surface area contributed by atoms with E-state index in [2.05, 4.69) is 19.7 Å². The van der Waals surface area contributed by atoms with E-state index in [1.807, 2.05) is 6.07 Å². The van der Waals surface area contributed by atoms with Crippen LogP contribution >= 0.6 is 11.3 Å². The Morgan fingerprint density at radius 1 is 1.30 bits per heavy atom. The molecule has 3 aromatic rings. The largest absolute Gasteiger partial charge is 0.492 e. The fraction of sp³-hybridized carbons (Fsp3) is 0.412. The molecule has 7 nitrogen and oxygen atoms in total. The zero-order chi connectivity index (χ0) is 19.0. The molecule has 4 rings (SSSR count). The van der Waals surface area contributed by atoms with Crippen molar-refractivity contribution in [3.05, 3.63) is 40.5 Å². The van der Waals surface area contributed by atoms with Crippen molar-refractivity contribution in [3.63, 3.8) is 0 Å². The highest BCUT2D eigenvalue weighted by Gasteiger charge is 2.30. The molecule has 1 atom stereocenters. The standard InChI is InChI=1S/C17H18F2N4O3S/c1-10-20-17-23(21-10)15(24)14(27-17)13(22-5-7-25-8-6-22)11-3-2-4-12(9-11)26-16(18)19/h2-4,9,13,16,24H,5-8H2,1H3/t13-/m0/s1. The third-order valence-corrected chi connectivity index (χ3v) is 5.44. The van der Waals surface area contributed by atoms with E-state index in [0.29, 0.717) is 42.0 Å². The summed E-state index contributed by atoms with van der Waals surface area (Å²) in [5.74, 6) is 0.654. The number of halogens is 2. The number of ether oxygens (including phenoxy) is 2. The first-order chi connectivity index (χ1) is 13.0. The van der Waals surface area contributed by atoms with Gasteiger partial charge in [0.1, 0.15) is 11.6 Å². The molecular formula is C17H18F2N4O3S. The molecule has 144 valence electrons. The maximum Gasteiger partial charge on any atom is 0.387 e. The van der Waals surface area contributed by atoms with E-state index in [0.717, 1.165) is 5.56 Å². The van der Waals surface area contributed by atoms with Crippen molar-refractivity contribution in [2.75, 3.05) is 26.3 Å². The number of rotatable bonds is 5. The molecule has 1 saturated heterocycles. The lowest BCUT2D eigenvalue weighted by Gasteiger charge is -2.34. The molecule has 1 aliphatic heterocycles. The topological polar surface area (TPSA) is 72.1 Å². The summed E-state index contributed by atoms with van der Waals surface area (Å²) in [6.45, 7) is 1.28. The molecule has 0 radical (unpaired) electrons. The maximum atomic E-state index is 12.6. The van der Waals surface area contributed by atoms with E-state index in [1.54, 1.807) is 19.1 Å². The first kappa shape index (κ1) is 18.1. The zero-order valence-corrected chi connectivity index (χ0v) is 15.3. The van der Waals surface area contributed by atoms with Crippen molar-refractivity contribution in [2.24, 2.45) is 0 Å². The monoisotopic (exact) mass is 396 g/mol. The molecule has 0 bridgehead atoms. The molecule has 1 aromatic carbocycles. The molecular weight excluding hydrogens is 378 g/mol. The molecule has 0 saturated carbocycles. The lowest BCUT2D eigenvalue weighted by molar-refractivity contribution is -0.0499. The first-order valence-corrected chi connectivity index (χ1v) is 9.26. The summed E-state index contributed by atoms with van der Waals surface area (Å²) >= 11 is 1.33. The van der Waals surface area contributed by atoms with Crippen LogP contribution in [0.25, 0.3) is 4.96 Å². The second-order valence-electron chi connectivity index (χ2n) is 6.15. The number of aryl methyl sites for hydroxylation is 1. The van der Waals surface area contributed by atoms with Crippen molar-refractivity contribution >= 4 is 16.3 Å². The van der Waals surface area contributed by atoms with Gasteiger partial charge < -0.3 is 14.6 Å². The van der Waals surface area contributed by atoms with E-state index >= 15 is 0 Å². The third-order valence-electron chi connectivity index (χ3n) is 4.36. The molecule has 1 aliphatic rings. The lowest BCUT2D eigenvalue weighted by Crippen LogP contribution is -2.39. The predicted molar refractivity (Wildman–Crippen MR) is 94.6 cm³/mol. The number of aromatic nitrogens is 3. The maximum absolute atomic E-state index is 12.6. The number of alkyl halides is 2. The van der Waals surface area contributed by atoms with Gasteiger partial charge in [-0.15, -0.1) is 5.10 Å². The summed E-state index contributed by atoms with van der Waals surface area (Å²) in [5, 5.41) is 15.0. The summed E-state index contributed by atoms with van der Waals surface area (Å²) in [7, 11) is 0. The molecule has 2 aromatic heterocycles. The zero-order valence-electron chi connectivity index (χ0n) is 14.5. The van der Waals surface area contributed by atoms with Crippen LogP contribution in [0, 0.1) is 6.92 Å². The van der Waals surface area contributed by atoms with Gasteiger partial charge in [0.05, 0.1) is 24.1 Å². The Bertz CT molecular complexity index is 940. The summed E-state index contributed by atoms with van der Waals surface area (Å²) in [6, 6.07) is 6.21. The van der Waals surface area contributed by atoms with Crippen molar-refractivity contribution in [1.29, 1.82) is 0 Å². The Hall–Kier alpha value is -2.30. The Balaban J connectivity index is 1.79. The summed E-state index contributed by atoms with van der Waals surface area (Å²) in [5.41, 5.74) is 0.742. The number of benzene rings is 1. The van der Waals surface area contributed by atoms with Crippen LogP contribution in [0.1, 0.15) is 22.3 Å². The number of fused-ring (bicyclic) bond motifs is 1. The Labute approximate surface area is 157 Å². The van der Waals surface area contributed by atoms with Crippen LogP contribution in [-0.4, -0.2) is 57.5 Å². The smallest absolute Gasteiger partial charge is 0.387 e. The molecule has 27 heavy (non-hydrogen) atoms. The van der Waals surface area contributed by atoms with Gasteiger partial charge in [0.25, 0.3) is 0 Å². The van der Waals surface area contributed by atoms with Crippen LogP contribution in [-0.2, 0) is 4.74 Å². The predicted octanol–water partition coefficient (Wildman–Crippen LogP) is 2.83. The van der Waals surface area contributed by atoms with Gasteiger partial charge in [-0.2, -0.15) is 13.3 Å². The van der Waals surface area contributed by atoms with Crippen molar-refractivity contribution in [2.45, 2.75) is 19.6 Å². The molecule has 1 N–H and O–H groups in total. The van der Waals surface area contributed by atoms with Crippen molar-refractivity contribution in [3.8, 4) is 11.6 Å². The number of morpholine rings is 1. The van der Waals surface area contributed by atoms with Gasteiger partial charge in [0, 0.05) is 13.1 Å². The highest BCUT2D eigenvalue weighted by Crippen LogP contribution is 2.40. The van der Waals surface area contributed by atoms with Gasteiger partial charge >= 0.3 is 6.61 Å². The van der Waals surface area contributed by atoms with Gasteiger partial charge in [-0.05, 0) is 24.6 Å². The molecule has 0 spiro atoms. The molecule has 3 heterocycles. The van der Waals surface area contributed by atoms with Crippen molar-refractivity contribution in [1.82, 2.24) is 19.5 Å². The second-order valence-corrected chi connectivity index (χ2v) is 7.15. The normalized spacial score (nSPS) is 16.9.